The first-order valence-corrected chi connectivity index (χ1v) is 7.82. The van der Waals surface area contributed by atoms with Crippen molar-refractivity contribution in [1.29, 1.82) is 0 Å². The van der Waals surface area contributed by atoms with Crippen LogP contribution in [-0.4, -0.2) is 29.3 Å². The Morgan fingerprint density at radius 3 is 2.61 bits per heavy atom. The summed E-state index contributed by atoms with van der Waals surface area (Å²) < 4.78 is 1.94. The van der Waals surface area contributed by atoms with Crippen molar-refractivity contribution in [2.24, 2.45) is 4.99 Å². The molecule has 23 heavy (non-hydrogen) atoms. The first-order chi connectivity index (χ1) is 10.8. The summed E-state index contributed by atoms with van der Waals surface area (Å²) in [5.41, 5.74) is 2.53. The monoisotopic (exact) mass is 427 g/mol. The summed E-state index contributed by atoms with van der Waals surface area (Å²) in [6.07, 6.45) is 6.11. The molecule has 5 nitrogen and oxygen atoms in total. The molecule has 0 fully saturated rings. The number of aliphatic imine (C=N–C) groups is 1. The molecule has 0 unspecified atom stereocenters. The molecule has 126 valence electrons. The van der Waals surface area contributed by atoms with Gasteiger partial charge in [-0.15, -0.1) is 24.0 Å². The Bertz CT molecular complexity index is 580. The topological polar surface area (TPSA) is 54.2 Å². The minimum atomic E-state index is 0. The Kier molecular flexibility index (Phi) is 9.35. The molecule has 6 heteroatoms. The molecule has 1 aromatic carbocycles. The van der Waals surface area contributed by atoms with Gasteiger partial charge in [0.15, 0.2) is 5.96 Å². The van der Waals surface area contributed by atoms with Crippen LogP contribution < -0.4 is 10.6 Å². The molecule has 2 aromatic rings. The average Bonchev–Trinajstić information content (AvgIpc) is 3.05. The van der Waals surface area contributed by atoms with E-state index in [2.05, 4.69) is 51.9 Å². The van der Waals surface area contributed by atoms with Crippen LogP contribution in [0.25, 0.3) is 0 Å². The van der Waals surface area contributed by atoms with Gasteiger partial charge < -0.3 is 10.6 Å². The second kappa shape index (κ2) is 11.0. The maximum Gasteiger partial charge on any atom is 0.191 e. The third kappa shape index (κ3) is 6.60. The van der Waals surface area contributed by atoms with Crippen LogP contribution in [0.5, 0.6) is 0 Å². The lowest BCUT2D eigenvalue weighted by atomic mass is 10.1. The Morgan fingerprint density at radius 1 is 1.17 bits per heavy atom. The van der Waals surface area contributed by atoms with Crippen molar-refractivity contribution in [3.63, 3.8) is 0 Å². The molecule has 0 radical (unpaired) electrons. The van der Waals surface area contributed by atoms with Gasteiger partial charge in [-0.1, -0.05) is 37.6 Å². The molecule has 0 saturated heterocycles. The van der Waals surface area contributed by atoms with E-state index in [-0.39, 0.29) is 24.0 Å². The van der Waals surface area contributed by atoms with E-state index in [1.165, 1.54) is 17.5 Å². The molecule has 1 heterocycles. The van der Waals surface area contributed by atoms with Crippen molar-refractivity contribution < 1.29 is 0 Å². The van der Waals surface area contributed by atoms with Gasteiger partial charge in [-0.25, -0.2) is 0 Å². The molecular weight excluding hydrogens is 401 g/mol. The van der Waals surface area contributed by atoms with Crippen LogP contribution in [0.1, 0.15) is 30.9 Å². The first-order valence-electron chi connectivity index (χ1n) is 7.82. The van der Waals surface area contributed by atoms with Crippen LogP contribution in [0.3, 0.4) is 0 Å². The van der Waals surface area contributed by atoms with Gasteiger partial charge in [-0.3, -0.25) is 9.67 Å². The number of hydrogen-bond donors (Lipinski definition) is 2. The third-order valence-corrected chi connectivity index (χ3v) is 3.50. The van der Waals surface area contributed by atoms with E-state index in [0.29, 0.717) is 0 Å². The normalized spacial score (nSPS) is 11.0. The molecule has 0 spiro atoms. The van der Waals surface area contributed by atoms with Crippen LogP contribution in [0, 0.1) is 0 Å². The zero-order chi connectivity index (χ0) is 15.6. The Labute approximate surface area is 155 Å². The van der Waals surface area contributed by atoms with Gasteiger partial charge in [-0.2, -0.15) is 5.10 Å². The highest BCUT2D eigenvalue weighted by Gasteiger charge is 2.04. The fraction of sp³-hybridized carbons (Fsp3) is 0.412. The Morgan fingerprint density at radius 2 is 1.96 bits per heavy atom. The quantitative estimate of drug-likeness (QED) is 0.309. The van der Waals surface area contributed by atoms with Gasteiger partial charge in [0.1, 0.15) is 0 Å². The summed E-state index contributed by atoms with van der Waals surface area (Å²) in [5.74, 6) is 0.849. The summed E-state index contributed by atoms with van der Waals surface area (Å²) >= 11 is 0. The Balaban J connectivity index is 0.00000264. The lowest BCUT2D eigenvalue weighted by Crippen LogP contribution is -2.37. The van der Waals surface area contributed by atoms with Gasteiger partial charge >= 0.3 is 0 Å². The highest BCUT2D eigenvalue weighted by Crippen LogP contribution is 2.10. The van der Waals surface area contributed by atoms with Crippen LogP contribution >= 0.6 is 24.0 Å². The number of benzene rings is 1. The minimum Gasteiger partial charge on any atom is -0.356 e. The molecular formula is C17H26IN5. The highest BCUT2D eigenvalue weighted by molar-refractivity contribution is 14.0. The second-order valence-electron chi connectivity index (χ2n) is 5.18. The summed E-state index contributed by atoms with van der Waals surface area (Å²) in [6.45, 7) is 4.67. The molecule has 0 bridgehead atoms. The van der Waals surface area contributed by atoms with Crippen molar-refractivity contribution >= 4 is 29.9 Å². The summed E-state index contributed by atoms with van der Waals surface area (Å²) in [7, 11) is 1.80. The fourth-order valence-corrected chi connectivity index (χ4v) is 2.24. The predicted molar refractivity (Wildman–Crippen MR) is 106 cm³/mol. The van der Waals surface area contributed by atoms with Crippen LogP contribution in [0.15, 0.2) is 47.7 Å². The number of nitrogens with zero attached hydrogens (tertiary/aromatic N) is 3. The number of rotatable bonds is 7. The van der Waals surface area contributed by atoms with E-state index >= 15 is 0 Å². The molecule has 0 aliphatic carbocycles. The molecule has 0 amide bonds. The predicted octanol–water partition coefficient (Wildman–Crippen LogP) is 3.01. The number of guanidine groups is 1. The summed E-state index contributed by atoms with van der Waals surface area (Å²) in [4.78, 5) is 4.26. The largest absolute Gasteiger partial charge is 0.356 e. The van der Waals surface area contributed by atoms with Gasteiger partial charge in [0.2, 0.25) is 0 Å². The SMILES string of the molecule is CCCCNC(=NC)NCc1ccccc1Cn1cccn1.I. The molecule has 0 aliphatic heterocycles. The molecule has 2 rings (SSSR count). The summed E-state index contributed by atoms with van der Waals surface area (Å²) in [5, 5.41) is 11.0. The molecule has 1 aromatic heterocycles. The minimum absolute atomic E-state index is 0. The van der Waals surface area contributed by atoms with Gasteiger partial charge in [0, 0.05) is 32.5 Å². The number of nitrogens with one attached hydrogen (secondary N) is 2. The van der Waals surface area contributed by atoms with E-state index in [4.69, 9.17) is 0 Å². The first kappa shape index (κ1) is 19.5. The van der Waals surface area contributed by atoms with E-state index in [0.717, 1.165) is 32.0 Å². The van der Waals surface area contributed by atoms with Crippen LogP contribution in [-0.2, 0) is 13.1 Å². The highest BCUT2D eigenvalue weighted by atomic mass is 127. The van der Waals surface area contributed by atoms with Crippen molar-refractivity contribution in [1.82, 2.24) is 20.4 Å². The van der Waals surface area contributed by atoms with Gasteiger partial charge in [-0.05, 0) is 23.6 Å². The van der Waals surface area contributed by atoms with E-state index in [1.807, 2.05) is 16.9 Å². The standard InChI is InChI=1S/C17H25N5.HI/c1-3-4-10-19-17(18-2)20-13-15-8-5-6-9-16(15)14-22-12-7-11-21-22;/h5-9,11-12H,3-4,10,13-14H2,1-2H3,(H2,18,19,20);1H. The van der Waals surface area contributed by atoms with Crippen LogP contribution in [0.2, 0.25) is 0 Å². The zero-order valence-corrected chi connectivity index (χ0v) is 16.2. The Hall–Kier alpha value is -1.57. The second-order valence-corrected chi connectivity index (χ2v) is 5.18. The summed E-state index contributed by atoms with van der Waals surface area (Å²) in [6, 6.07) is 10.4. The number of unbranched alkanes of at least 4 members (excludes halogenated alkanes) is 1. The molecule has 0 aliphatic rings. The fourth-order valence-electron chi connectivity index (χ4n) is 2.24. The van der Waals surface area contributed by atoms with Crippen molar-refractivity contribution in [2.45, 2.75) is 32.9 Å². The van der Waals surface area contributed by atoms with Crippen molar-refractivity contribution in [3.8, 4) is 0 Å². The molecule has 0 saturated carbocycles. The maximum atomic E-state index is 4.27. The van der Waals surface area contributed by atoms with Crippen molar-refractivity contribution in [2.75, 3.05) is 13.6 Å². The molecule has 2 N–H and O–H groups in total. The average molecular weight is 427 g/mol. The smallest absolute Gasteiger partial charge is 0.191 e. The molecule has 0 atom stereocenters. The van der Waals surface area contributed by atoms with Crippen LogP contribution in [0.4, 0.5) is 0 Å². The van der Waals surface area contributed by atoms with E-state index in [9.17, 15) is 0 Å². The third-order valence-electron chi connectivity index (χ3n) is 3.50. The van der Waals surface area contributed by atoms with Gasteiger partial charge in [0.25, 0.3) is 0 Å². The number of aromatic nitrogens is 2. The number of hydrogen-bond acceptors (Lipinski definition) is 2. The van der Waals surface area contributed by atoms with Crippen molar-refractivity contribution in [3.05, 3.63) is 53.9 Å². The number of halogens is 1. The zero-order valence-electron chi connectivity index (χ0n) is 13.8. The van der Waals surface area contributed by atoms with E-state index < -0.39 is 0 Å². The van der Waals surface area contributed by atoms with E-state index in [1.54, 1.807) is 13.2 Å². The lowest BCUT2D eigenvalue weighted by Gasteiger charge is -2.14. The lowest BCUT2D eigenvalue weighted by molar-refractivity contribution is 0.676. The van der Waals surface area contributed by atoms with Gasteiger partial charge in [0.05, 0.1) is 6.54 Å². The maximum absolute atomic E-state index is 4.27.